The molecule has 22 heavy (non-hydrogen) atoms. The number of allylic oxidation sites excluding steroid dienone is 2. The largest absolute Gasteiger partial charge is 0.497 e. The van der Waals surface area contributed by atoms with Gasteiger partial charge >= 0.3 is 0 Å². The molecule has 1 saturated carbocycles. The van der Waals surface area contributed by atoms with E-state index in [2.05, 4.69) is 6.92 Å². The second-order valence-corrected chi connectivity index (χ2v) is 6.99. The summed E-state index contributed by atoms with van der Waals surface area (Å²) in [5.41, 5.74) is 3.04. The van der Waals surface area contributed by atoms with Crippen molar-refractivity contribution in [2.24, 2.45) is 11.3 Å². The predicted octanol–water partition coefficient (Wildman–Crippen LogP) is 3.68. The Bertz CT molecular complexity index is 715. The third-order valence-electron chi connectivity index (χ3n) is 5.98. The number of ether oxygens (including phenoxy) is 1. The maximum atomic E-state index is 13.0. The fourth-order valence-electron chi connectivity index (χ4n) is 4.78. The molecular formula is C19H20O3. The van der Waals surface area contributed by atoms with E-state index in [-0.39, 0.29) is 28.8 Å². The van der Waals surface area contributed by atoms with E-state index in [4.69, 9.17) is 4.74 Å². The van der Waals surface area contributed by atoms with E-state index >= 15 is 0 Å². The molecule has 114 valence electrons. The zero-order chi connectivity index (χ0) is 15.5. The Morgan fingerprint density at radius 2 is 2.05 bits per heavy atom. The number of Topliss-reactive ketones (excluding diaryl/α,β-unsaturated/α-hetero) is 1. The van der Waals surface area contributed by atoms with Crippen molar-refractivity contribution in [1.82, 2.24) is 0 Å². The lowest BCUT2D eigenvalue weighted by Crippen LogP contribution is -2.41. The standard InChI is InChI=1S/C19H20O3/c1-19-8-7-12(20)9-11(19)3-5-14-16-10-13(22-2)4-6-15(16)18(21)17(14)19/h4,6,9-10,14,17H,3,5,7-8H2,1-2H3/t14-,17-,19+/m1/s1. The van der Waals surface area contributed by atoms with Gasteiger partial charge in [-0.3, -0.25) is 9.59 Å². The molecule has 0 radical (unpaired) electrons. The number of hydrogen-bond donors (Lipinski definition) is 0. The molecule has 1 aromatic rings. The van der Waals surface area contributed by atoms with Crippen LogP contribution in [0.15, 0.2) is 29.8 Å². The van der Waals surface area contributed by atoms with Gasteiger partial charge in [0.05, 0.1) is 7.11 Å². The van der Waals surface area contributed by atoms with E-state index < -0.39 is 0 Å². The van der Waals surface area contributed by atoms with Crippen LogP contribution in [-0.4, -0.2) is 18.7 Å². The first-order valence-corrected chi connectivity index (χ1v) is 8.00. The second kappa shape index (κ2) is 4.55. The van der Waals surface area contributed by atoms with Gasteiger partial charge in [0, 0.05) is 17.9 Å². The number of ketones is 2. The highest BCUT2D eigenvalue weighted by Gasteiger charge is 2.54. The minimum atomic E-state index is -0.153. The van der Waals surface area contributed by atoms with Gasteiger partial charge in [0.2, 0.25) is 0 Å². The molecule has 0 heterocycles. The number of fused-ring (bicyclic) bond motifs is 5. The molecule has 4 rings (SSSR count). The van der Waals surface area contributed by atoms with Crippen LogP contribution in [0, 0.1) is 11.3 Å². The molecule has 3 nitrogen and oxygen atoms in total. The van der Waals surface area contributed by atoms with Crippen molar-refractivity contribution in [3.8, 4) is 5.75 Å². The van der Waals surface area contributed by atoms with Gasteiger partial charge in [-0.25, -0.2) is 0 Å². The fraction of sp³-hybridized carbons (Fsp3) is 0.474. The molecule has 3 aliphatic carbocycles. The summed E-state index contributed by atoms with van der Waals surface area (Å²) in [6.45, 7) is 2.18. The summed E-state index contributed by atoms with van der Waals surface area (Å²) in [5, 5.41) is 0. The predicted molar refractivity (Wildman–Crippen MR) is 83.2 cm³/mol. The van der Waals surface area contributed by atoms with E-state index in [1.807, 2.05) is 24.3 Å². The maximum Gasteiger partial charge on any atom is 0.167 e. The highest BCUT2D eigenvalue weighted by Crippen LogP contribution is 2.59. The van der Waals surface area contributed by atoms with Crippen molar-refractivity contribution < 1.29 is 14.3 Å². The van der Waals surface area contributed by atoms with Crippen LogP contribution in [0.25, 0.3) is 0 Å². The van der Waals surface area contributed by atoms with Crippen molar-refractivity contribution in [1.29, 1.82) is 0 Å². The molecule has 0 amide bonds. The number of benzene rings is 1. The summed E-state index contributed by atoms with van der Waals surface area (Å²) in [7, 11) is 1.66. The quantitative estimate of drug-likeness (QED) is 0.794. The molecule has 0 saturated heterocycles. The first-order chi connectivity index (χ1) is 10.5. The Balaban J connectivity index is 1.83. The Morgan fingerprint density at radius 3 is 2.82 bits per heavy atom. The molecule has 3 aliphatic rings. The van der Waals surface area contributed by atoms with E-state index in [0.717, 1.165) is 36.1 Å². The molecule has 0 spiro atoms. The van der Waals surface area contributed by atoms with Crippen LogP contribution in [0.5, 0.6) is 5.75 Å². The first kappa shape index (κ1) is 13.7. The summed E-state index contributed by atoms with van der Waals surface area (Å²) >= 11 is 0. The van der Waals surface area contributed by atoms with Crippen molar-refractivity contribution in [2.75, 3.05) is 7.11 Å². The summed E-state index contributed by atoms with van der Waals surface area (Å²) in [6, 6.07) is 5.82. The van der Waals surface area contributed by atoms with Gasteiger partial charge in [0.1, 0.15) is 5.75 Å². The highest BCUT2D eigenvalue weighted by molar-refractivity contribution is 6.05. The summed E-state index contributed by atoms with van der Waals surface area (Å²) < 4.78 is 5.33. The van der Waals surface area contributed by atoms with Gasteiger partial charge in [-0.15, -0.1) is 0 Å². The molecule has 0 aromatic heterocycles. The van der Waals surface area contributed by atoms with Gasteiger partial charge in [-0.05, 0) is 60.4 Å². The van der Waals surface area contributed by atoms with Crippen LogP contribution in [0.2, 0.25) is 0 Å². The highest BCUT2D eigenvalue weighted by atomic mass is 16.5. The Labute approximate surface area is 130 Å². The van der Waals surface area contributed by atoms with Crippen LogP contribution >= 0.6 is 0 Å². The minimum Gasteiger partial charge on any atom is -0.497 e. The first-order valence-electron chi connectivity index (χ1n) is 8.00. The average molecular weight is 296 g/mol. The normalized spacial score (nSPS) is 32.9. The molecule has 3 heteroatoms. The zero-order valence-electron chi connectivity index (χ0n) is 13.0. The second-order valence-electron chi connectivity index (χ2n) is 6.99. The molecule has 0 unspecified atom stereocenters. The number of hydrogen-bond acceptors (Lipinski definition) is 3. The van der Waals surface area contributed by atoms with Gasteiger partial charge in [0.25, 0.3) is 0 Å². The summed E-state index contributed by atoms with van der Waals surface area (Å²) in [4.78, 5) is 24.8. The third kappa shape index (κ3) is 1.68. The van der Waals surface area contributed by atoms with E-state index in [0.29, 0.717) is 6.42 Å². The fourth-order valence-corrected chi connectivity index (χ4v) is 4.78. The Morgan fingerprint density at radius 1 is 1.23 bits per heavy atom. The van der Waals surface area contributed by atoms with E-state index in [1.165, 1.54) is 5.57 Å². The molecule has 3 atom stereocenters. The van der Waals surface area contributed by atoms with Crippen LogP contribution in [0.4, 0.5) is 0 Å². The molecule has 0 aliphatic heterocycles. The zero-order valence-corrected chi connectivity index (χ0v) is 13.0. The minimum absolute atomic E-state index is 0.0114. The van der Waals surface area contributed by atoms with E-state index in [1.54, 1.807) is 7.11 Å². The lowest BCUT2D eigenvalue weighted by atomic mass is 9.56. The lowest BCUT2D eigenvalue weighted by molar-refractivity contribution is -0.116. The molecule has 1 aromatic carbocycles. The van der Waals surface area contributed by atoms with Gasteiger partial charge in [0.15, 0.2) is 11.6 Å². The monoisotopic (exact) mass is 296 g/mol. The number of methoxy groups -OCH3 is 1. The van der Waals surface area contributed by atoms with Crippen molar-refractivity contribution >= 4 is 11.6 Å². The van der Waals surface area contributed by atoms with Crippen LogP contribution in [-0.2, 0) is 4.79 Å². The summed E-state index contributed by atoms with van der Waals surface area (Å²) in [6.07, 6.45) is 5.06. The number of carbonyl (C=O) groups is 2. The van der Waals surface area contributed by atoms with E-state index in [9.17, 15) is 9.59 Å². The molecule has 1 fully saturated rings. The number of carbonyl (C=O) groups excluding carboxylic acids is 2. The molecular weight excluding hydrogens is 276 g/mol. The average Bonchev–Trinajstić information content (AvgIpc) is 2.81. The third-order valence-corrected chi connectivity index (χ3v) is 5.98. The Hall–Kier alpha value is -1.90. The van der Waals surface area contributed by atoms with Crippen LogP contribution in [0.1, 0.15) is 54.4 Å². The molecule has 0 bridgehead atoms. The maximum absolute atomic E-state index is 13.0. The SMILES string of the molecule is COc1ccc2c(c1)[C@H]1CCC3=CC(=O)CC[C@]3(C)[C@H]1C2=O. The summed E-state index contributed by atoms with van der Waals surface area (Å²) in [5.74, 6) is 1.55. The molecule has 0 N–H and O–H groups in total. The smallest absolute Gasteiger partial charge is 0.167 e. The van der Waals surface area contributed by atoms with Crippen molar-refractivity contribution in [3.63, 3.8) is 0 Å². The van der Waals surface area contributed by atoms with Gasteiger partial charge in [-0.1, -0.05) is 12.5 Å². The lowest BCUT2D eigenvalue weighted by Gasteiger charge is -2.46. The van der Waals surface area contributed by atoms with Crippen LogP contribution < -0.4 is 4.74 Å². The van der Waals surface area contributed by atoms with Crippen molar-refractivity contribution in [2.45, 2.75) is 38.5 Å². The van der Waals surface area contributed by atoms with Crippen molar-refractivity contribution in [3.05, 3.63) is 41.0 Å². The topological polar surface area (TPSA) is 43.4 Å². The van der Waals surface area contributed by atoms with Crippen LogP contribution in [0.3, 0.4) is 0 Å². The van der Waals surface area contributed by atoms with Gasteiger partial charge < -0.3 is 4.74 Å². The Kier molecular flexibility index (Phi) is 2.84. The number of rotatable bonds is 1. The van der Waals surface area contributed by atoms with Gasteiger partial charge in [-0.2, -0.15) is 0 Å².